The van der Waals surface area contributed by atoms with Gasteiger partial charge in [0, 0.05) is 25.9 Å². The highest BCUT2D eigenvalue weighted by Gasteiger charge is 2.33. The number of fused-ring (bicyclic) bond motifs is 1. The number of piperidine rings is 1. The Bertz CT molecular complexity index is 1080. The number of nitrogens with zero attached hydrogens (tertiary/aromatic N) is 4. The molecule has 174 valence electrons. The summed E-state index contributed by atoms with van der Waals surface area (Å²) < 4.78 is 7.95. The maximum Gasteiger partial charge on any atom is 0.249 e. The molecule has 7 nitrogen and oxygen atoms in total. The first-order valence-corrected chi connectivity index (χ1v) is 12.2. The lowest BCUT2D eigenvalue weighted by Gasteiger charge is -2.37. The number of likely N-dealkylation sites (tertiary alicyclic amines) is 1. The number of aryl methyl sites for hydroxylation is 1. The SMILES string of the molecule is CCn1c(CN2CCC[C@H]([C@H](NC(=O)[C@H]3CCCO3)c3ccccn3)C2)nc2ccccc21. The van der Waals surface area contributed by atoms with Gasteiger partial charge in [0.2, 0.25) is 5.91 Å². The van der Waals surface area contributed by atoms with E-state index < -0.39 is 0 Å². The van der Waals surface area contributed by atoms with Crippen molar-refractivity contribution in [3.8, 4) is 0 Å². The largest absolute Gasteiger partial charge is 0.368 e. The summed E-state index contributed by atoms with van der Waals surface area (Å²) in [5, 5.41) is 3.30. The minimum atomic E-state index is -0.333. The van der Waals surface area contributed by atoms with Crippen molar-refractivity contribution in [1.29, 1.82) is 0 Å². The third-order valence-electron chi connectivity index (χ3n) is 6.95. The predicted molar refractivity (Wildman–Crippen MR) is 128 cm³/mol. The van der Waals surface area contributed by atoms with Crippen LogP contribution in [-0.2, 0) is 22.6 Å². The van der Waals surface area contributed by atoms with Gasteiger partial charge in [0.05, 0.1) is 29.3 Å². The summed E-state index contributed by atoms with van der Waals surface area (Å²) in [5.41, 5.74) is 3.17. The molecule has 1 aromatic carbocycles. The number of pyridine rings is 1. The van der Waals surface area contributed by atoms with E-state index in [2.05, 4.69) is 44.9 Å². The van der Waals surface area contributed by atoms with Gasteiger partial charge in [-0.3, -0.25) is 14.7 Å². The number of amides is 1. The summed E-state index contributed by atoms with van der Waals surface area (Å²) in [7, 11) is 0. The van der Waals surface area contributed by atoms with Crippen LogP contribution in [0.4, 0.5) is 0 Å². The highest BCUT2D eigenvalue weighted by atomic mass is 16.5. The molecule has 0 radical (unpaired) electrons. The molecule has 1 amide bonds. The van der Waals surface area contributed by atoms with Crippen LogP contribution < -0.4 is 5.32 Å². The van der Waals surface area contributed by atoms with Crippen molar-refractivity contribution in [2.24, 2.45) is 5.92 Å². The van der Waals surface area contributed by atoms with E-state index in [1.165, 1.54) is 5.52 Å². The summed E-state index contributed by atoms with van der Waals surface area (Å²) in [4.78, 5) is 25.0. The number of ether oxygens (including phenoxy) is 1. The van der Waals surface area contributed by atoms with Crippen molar-refractivity contribution in [2.45, 2.75) is 57.8 Å². The van der Waals surface area contributed by atoms with Gasteiger partial charge >= 0.3 is 0 Å². The molecule has 0 saturated carbocycles. The van der Waals surface area contributed by atoms with Crippen LogP contribution in [0.5, 0.6) is 0 Å². The highest BCUT2D eigenvalue weighted by molar-refractivity contribution is 5.81. The molecule has 0 bridgehead atoms. The number of imidazole rings is 1. The summed E-state index contributed by atoms with van der Waals surface area (Å²) in [6, 6.07) is 14.2. The van der Waals surface area contributed by atoms with Crippen LogP contribution in [-0.4, -0.2) is 51.1 Å². The second-order valence-electron chi connectivity index (χ2n) is 9.14. The predicted octanol–water partition coefficient (Wildman–Crippen LogP) is 3.70. The quantitative estimate of drug-likeness (QED) is 0.598. The van der Waals surface area contributed by atoms with Gasteiger partial charge in [-0.15, -0.1) is 0 Å². The Morgan fingerprint density at radius 1 is 1.18 bits per heavy atom. The number of nitrogens with one attached hydrogen (secondary N) is 1. The Morgan fingerprint density at radius 2 is 2.06 bits per heavy atom. The van der Waals surface area contributed by atoms with E-state index >= 15 is 0 Å². The molecule has 2 aliphatic heterocycles. The number of para-hydroxylation sites is 2. The van der Waals surface area contributed by atoms with E-state index in [-0.39, 0.29) is 18.1 Å². The lowest BCUT2D eigenvalue weighted by atomic mass is 9.88. The monoisotopic (exact) mass is 447 g/mol. The fourth-order valence-corrected chi connectivity index (χ4v) is 5.33. The van der Waals surface area contributed by atoms with E-state index in [9.17, 15) is 4.79 Å². The van der Waals surface area contributed by atoms with Gasteiger partial charge in [-0.25, -0.2) is 4.98 Å². The standard InChI is InChI=1S/C26H33N5O2/c1-2-31-22-12-4-3-10-20(22)28-24(31)18-30-15-7-9-19(17-30)25(21-11-5-6-14-27-21)29-26(32)23-13-8-16-33-23/h3-6,10-12,14,19,23,25H,2,7-9,13,15-18H2,1H3,(H,29,32)/t19-,23+,25-/m0/s1. The molecule has 1 N–H and O–H groups in total. The summed E-state index contributed by atoms with van der Waals surface area (Å²) >= 11 is 0. The fourth-order valence-electron chi connectivity index (χ4n) is 5.33. The Kier molecular flexibility index (Phi) is 6.69. The van der Waals surface area contributed by atoms with E-state index in [0.717, 1.165) is 68.9 Å². The minimum Gasteiger partial charge on any atom is -0.368 e. The average molecular weight is 448 g/mol. The maximum atomic E-state index is 12.9. The Hall–Kier alpha value is -2.77. The number of carbonyl (C=O) groups is 1. The van der Waals surface area contributed by atoms with Crippen molar-refractivity contribution in [2.75, 3.05) is 19.7 Å². The number of carbonyl (C=O) groups excluding carboxylic acids is 1. The number of benzene rings is 1. The van der Waals surface area contributed by atoms with Crippen LogP contribution in [0, 0.1) is 5.92 Å². The molecular formula is C26H33N5O2. The van der Waals surface area contributed by atoms with E-state index in [4.69, 9.17) is 9.72 Å². The molecule has 2 saturated heterocycles. The van der Waals surface area contributed by atoms with E-state index in [0.29, 0.717) is 12.5 Å². The average Bonchev–Trinajstić information content (AvgIpc) is 3.51. The van der Waals surface area contributed by atoms with Crippen molar-refractivity contribution in [3.63, 3.8) is 0 Å². The Labute approximate surface area is 195 Å². The molecule has 2 fully saturated rings. The number of hydrogen-bond acceptors (Lipinski definition) is 5. The second-order valence-corrected chi connectivity index (χ2v) is 9.14. The normalized spacial score (nSPS) is 22.5. The summed E-state index contributed by atoms with van der Waals surface area (Å²) in [6.07, 6.45) is 5.38. The molecule has 4 heterocycles. The van der Waals surface area contributed by atoms with Crippen molar-refractivity contribution >= 4 is 16.9 Å². The van der Waals surface area contributed by atoms with Gasteiger partial charge in [-0.2, -0.15) is 0 Å². The minimum absolute atomic E-state index is 0.00643. The van der Waals surface area contributed by atoms with Crippen molar-refractivity contribution in [1.82, 2.24) is 24.8 Å². The number of rotatable bonds is 7. The topological polar surface area (TPSA) is 72.3 Å². The van der Waals surface area contributed by atoms with Gasteiger partial charge < -0.3 is 14.6 Å². The highest BCUT2D eigenvalue weighted by Crippen LogP contribution is 2.30. The van der Waals surface area contributed by atoms with Crippen LogP contribution >= 0.6 is 0 Å². The van der Waals surface area contributed by atoms with Crippen LogP contribution in [0.1, 0.15) is 50.2 Å². The van der Waals surface area contributed by atoms with E-state index in [1.54, 1.807) is 0 Å². The lowest BCUT2D eigenvalue weighted by molar-refractivity contribution is -0.131. The van der Waals surface area contributed by atoms with Gasteiger partial charge in [-0.05, 0) is 69.3 Å². The number of hydrogen-bond donors (Lipinski definition) is 1. The van der Waals surface area contributed by atoms with Gasteiger partial charge in [0.15, 0.2) is 0 Å². The first kappa shape index (κ1) is 22.0. The zero-order valence-electron chi connectivity index (χ0n) is 19.3. The molecule has 3 atom stereocenters. The lowest BCUT2D eigenvalue weighted by Crippen LogP contribution is -2.45. The van der Waals surface area contributed by atoms with Crippen LogP contribution in [0.3, 0.4) is 0 Å². The molecule has 7 heteroatoms. The van der Waals surface area contributed by atoms with Gasteiger partial charge in [0.1, 0.15) is 11.9 Å². The Morgan fingerprint density at radius 3 is 2.85 bits per heavy atom. The van der Waals surface area contributed by atoms with Gasteiger partial charge in [-0.1, -0.05) is 18.2 Å². The molecule has 2 aromatic heterocycles. The molecule has 0 spiro atoms. The number of aromatic nitrogens is 3. The summed E-state index contributed by atoms with van der Waals surface area (Å²) in [6.45, 7) is 6.50. The van der Waals surface area contributed by atoms with Crippen LogP contribution in [0.25, 0.3) is 11.0 Å². The smallest absolute Gasteiger partial charge is 0.249 e. The Balaban J connectivity index is 1.34. The van der Waals surface area contributed by atoms with Gasteiger partial charge in [0.25, 0.3) is 0 Å². The van der Waals surface area contributed by atoms with Crippen LogP contribution in [0.15, 0.2) is 48.7 Å². The molecule has 0 aliphatic carbocycles. The first-order chi connectivity index (χ1) is 16.2. The van der Waals surface area contributed by atoms with E-state index in [1.807, 2.05) is 30.5 Å². The third-order valence-corrected chi connectivity index (χ3v) is 6.95. The molecular weight excluding hydrogens is 414 g/mol. The zero-order valence-corrected chi connectivity index (χ0v) is 19.3. The van der Waals surface area contributed by atoms with Crippen molar-refractivity contribution < 1.29 is 9.53 Å². The molecule has 33 heavy (non-hydrogen) atoms. The maximum absolute atomic E-state index is 12.9. The summed E-state index contributed by atoms with van der Waals surface area (Å²) in [5.74, 6) is 1.39. The molecule has 5 rings (SSSR count). The zero-order chi connectivity index (χ0) is 22.6. The van der Waals surface area contributed by atoms with Crippen molar-refractivity contribution in [3.05, 3.63) is 60.2 Å². The molecule has 0 unspecified atom stereocenters. The fraction of sp³-hybridized carbons (Fsp3) is 0.500. The second kappa shape index (κ2) is 10.0. The first-order valence-electron chi connectivity index (χ1n) is 12.2. The third kappa shape index (κ3) is 4.80. The molecule has 2 aliphatic rings. The molecule has 3 aromatic rings. The van der Waals surface area contributed by atoms with Crippen LogP contribution in [0.2, 0.25) is 0 Å².